The third-order valence-electron chi connectivity index (χ3n) is 2.84. The highest BCUT2D eigenvalue weighted by atomic mass is 32.1. The molecule has 0 spiro atoms. The van der Waals surface area contributed by atoms with E-state index in [1.54, 1.807) is 0 Å². The molecule has 0 bridgehead atoms. The first kappa shape index (κ1) is 14.1. The van der Waals surface area contributed by atoms with Crippen molar-refractivity contribution < 1.29 is 13.2 Å². The van der Waals surface area contributed by atoms with Crippen molar-refractivity contribution in [3.63, 3.8) is 0 Å². The van der Waals surface area contributed by atoms with Crippen LogP contribution in [-0.4, -0.2) is 7.05 Å². The summed E-state index contributed by atoms with van der Waals surface area (Å²) in [6.45, 7) is 2.55. The first-order valence-corrected chi connectivity index (χ1v) is 6.65. The van der Waals surface area contributed by atoms with E-state index in [2.05, 4.69) is 5.32 Å². The fourth-order valence-corrected chi connectivity index (χ4v) is 2.96. The second kappa shape index (κ2) is 5.35. The first-order chi connectivity index (χ1) is 8.91. The van der Waals surface area contributed by atoms with Gasteiger partial charge in [0.15, 0.2) is 0 Å². The Morgan fingerprint density at radius 1 is 1.16 bits per heavy atom. The molecule has 1 N–H and O–H groups in total. The number of hydrogen-bond donors (Lipinski definition) is 1. The van der Waals surface area contributed by atoms with E-state index in [9.17, 15) is 13.2 Å². The zero-order chi connectivity index (χ0) is 14.0. The monoisotopic (exact) mass is 285 g/mol. The number of halogens is 3. The van der Waals surface area contributed by atoms with Gasteiger partial charge in [0.2, 0.25) is 0 Å². The van der Waals surface area contributed by atoms with Crippen molar-refractivity contribution in [1.82, 2.24) is 5.32 Å². The van der Waals surface area contributed by atoms with Crippen LogP contribution in [0.25, 0.3) is 10.4 Å². The zero-order valence-corrected chi connectivity index (χ0v) is 11.5. The predicted octanol–water partition coefficient (Wildman–Crippen LogP) is 4.46. The molecule has 2 rings (SSSR count). The van der Waals surface area contributed by atoms with Crippen molar-refractivity contribution in [3.05, 3.63) is 46.3 Å². The van der Waals surface area contributed by atoms with Gasteiger partial charge in [-0.15, -0.1) is 11.3 Å². The smallest absolute Gasteiger partial charge is 0.315 e. The van der Waals surface area contributed by atoms with E-state index in [1.807, 2.05) is 26.1 Å². The summed E-state index contributed by atoms with van der Waals surface area (Å²) in [6.07, 6.45) is -4.30. The number of nitrogens with one attached hydrogen (secondary N) is 1. The van der Waals surface area contributed by atoms with Gasteiger partial charge < -0.3 is 5.32 Å². The average molecular weight is 285 g/mol. The van der Waals surface area contributed by atoms with Crippen LogP contribution in [0.1, 0.15) is 16.0 Å². The highest BCUT2D eigenvalue weighted by Crippen LogP contribution is 2.36. The zero-order valence-electron chi connectivity index (χ0n) is 10.6. The summed E-state index contributed by atoms with van der Waals surface area (Å²) in [5.41, 5.74) is 0.907. The summed E-state index contributed by atoms with van der Waals surface area (Å²) >= 11 is 1.51. The van der Waals surface area contributed by atoms with Crippen LogP contribution >= 0.6 is 11.3 Å². The second-order valence-corrected chi connectivity index (χ2v) is 5.49. The van der Waals surface area contributed by atoms with Crippen molar-refractivity contribution >= 4 is 11.3 Å². The average Bonchev–Trinajstić information content (AvgIpc) is 2.77. The van der Waals surface area contributed by atoms with E-state index >= 15 is 0 Å². The molecule has 0 amide bonds. The van der Waals surface area contributed by atoms with Gasteiger partial charge in [-0.25, -0.2) is 0 Å². The lowest BCUT2D eigenvalue weighted by molar-refractivity contribution is -0.137. The minimum absolute atomic E-state index is 0.600. The lowest BCUT2D eigenvalue weighted by atomic mass is 10.0. The van der Waals surface area contributed by atoms with E-state index in [4.69, 9.17) is 0 Å². The Bertz CT molecular complexity index is 572. The molecule has 0 radical (unpaired) electrons. The van der Waals surface area contributed by atoms with E-state index < -0.39 is 11.7 Å². The van der Waals surface area contributed by atoms with Crippen molar-refractivity contribution in [3.8, 4) is 10.4 Å². The lowest BCUT2D eigenvalue weighted by Gasteiger charge is -2.10. The highest BCUT2D eigenvalue weighted by molar-refractivity contribution is 7.15. The molecule has 102 valence electrons. The van der Waals surface area contributed by atoms with Crippen molar-refractivity contribution in [1.29, 1.82) is 0 Å². The topological polar surface area (TPSA) is 12.0 Å². The van der Waals surface area contributed by atoms with Crippen LogP contribution in [0.5, 0.6) is 0 Å². The summed E-state index contributed by atoms with van der Waals surface area (Å²) in [5.74, 6) is 0. The van der Waals surface area contributed by atoms with Crippen LogP contribution in [0.3, 0.4) is 0 Å². The molecule has 0 saturated carbocycles. The summed E-state index contributed by atoms with van der Waals surface area (Å²) in [7, 11) is 1.84. The first-order valence-electron chi connectivity index (χ1n) is 5.83. The van der Waals surface area contributed by atoms with Gasteiger partial charge >= 0.3 is 6.18 Å². The Hall–Kier alpha value is -1.33. The number of aryl methyl sites for hydroxylation is 1. The molecule has 0 unspecified atom stereocenters. The van der Waals surface area contributed by atoms with Gasteiger partial charge in [-0.05, 0) is 49.4 Å². The molecule has 0 aliphatic rings. The number of hydrogen-bond acceptors (Lipinski definition) is 2. The van der Waals surface area contributed by atoms with E-state index in [0.29, 0.717) is 5.56 Å². The molecule has 0 aliphatic heterocycles. The highest BCUT2D eigenvalue weighted by Gasteiger charge is 2.30. The van der Waals surface area contributed by atoms with Gasteiger partial charge in [-0.2, -0.15) is 13.2 Å². The Morgan fingerprint density at radius 2 is 1.89 bits per heavy atom. The van der Waals surface area contributed by atoms with Crippen LogP contribution < -0.4 is 5.32 Å². The van der Waals surface area contributed by atoms with Gasteiger partial charge in [0.1, 0.15) is 0 Å². The van der Waals surface area contributed by atoms with E-state index in [-0.39, 0.29) is 0 Å². The second-order valence-electron chi connectivity index (χ2n) is 4.32. The van der Waals surface area contributed by atoms with Crippen LogP contribution in [0.2, 0.25) is 0 Å². The molecule has 1 aromatic heterocycles. The Labute approximate surface area is 114 Å². The Morgan fingerprint density at radius 3 is 2.53 bits per heavy atom. The van der Waals surface area contributed by atoms with Crippen LogP contribution in [0.15, 0.2) is 30.3 Å². The maximum atomic E-state index is 12.7. The van der Waals surface area contributed by atoms with Gasteiger partial charge in [0, 0.05) is 16.3 Å². The van der Waals surface area contributed by atoms with Crippen molar-refractivity contribution in [2.45, 2.75) is 19.6 Å². The molecule has 1 nitrogen and oxygen atoms in total. The molecule has 1 aromatic carbocycles. The fourth-order valence-electron chi connectivity index (χ4n) is 1.86. The predicted molar refractivity (Wildman–Crippen MR) is 72.3 cm³/mol. The molecule has 1 heterocycles. The van der Waals surface area contributed by atoms with Crippen LogP contribution in [0.4, 0.5) is 13.2 Å². The lowest BCUT2D eigenvalue weighted by Crippen LogP contribution is -2.05. The number of benzene rings is 1. The number of thiophene rings is 1. The van der Waals surface area contributed by atoms with Crippen molar-refractivity contribution in [2.24, 2.45) is 0 Å². The van der Waals surface area contributed by atoms with Crippen LogP contribution in [0, 0.1) is 6.92 Å². The van der Waals surface area contributed by atoms with E-state index in [1.165, 1.54) is 23.5 Å². The molecular weight excluding hydrogens is 271 g/mol. The maximum Gasteiger partial charge on any atom is 0.416 e. The van der Waals surface area contributed by atoms with Crippen LogP contribution in [-0.2, 0) is 12.7 Å². The normalized spacial score (nSPS) is 11.8. The summed E-state index contributed by atoms with van der Waals surface area (Å²) in [4.78, 5) is 1.98. The standard InChI is InChI=1S/C14H14F3NS/c1-9-3-4-10(14(15,16)17)7-12(9)13-6-5-11(19-13)8-18-2/h3-7,18H,8H2,1-2H3. The Kier molecular flexibility index (Phi) is 3.96. The Balaban J connectivity index is 2.42. The van der Waals surface area contributed by atoms with Gasteiger partial charge in [-0.3, -0.25) is 0 Å². The molecule has 0 atom stereocenters. The minimum Gasteiger partial charge on any atom is -0.315 e. The quantitative estimate of drug-likeness (QED) is 0.878. The van der Waals surface area contributed by atoms with Gasteiger partial charge in [-0.1, -0.05) is 6.07 Å². The third kappa shape index (κ3) is 3.16. The molecule has 0 aliphatic carbocycles. The minimum atomic E-state index is -4.30. The SMILES string of the molecule is CNCc1ccc(-c2cc(C(F)(F)F)ccc2C)s1. The summed E-state index contributed by atoms with van der Waals surface area (Å²) in [6, 6.07) is 7.69. The van der Waals surface area contributed by atoms with Gasteiger partial charge in [0.25, 0.3) is 0 Å². The molecule has 0 saturated heterocycles. The fraction of sp³-hybridized carbons (Fsp3) is 0.286. The molecular formula is C14H14F3NS. The molecule has 19 heavy (non-hydrogen) atoms. The number of rotatable bonds is 3. The maximum absolute atomic E-state index is 12.7. The molecule has 0 fully saturated rings. The third-order valence-corrected chi connectivity index (χ3v) is 3.96. The van der Waals surface area contributed by atoms with Gasteiger partial charge in [0.05, 0.1) is 5.56 Å². The van der Waals surface area contributed by atoms with Crippen molar-refractivity contribution in [2.75, 3.05) is 7.05 Å². The number of alkyl halides is 3. The summed E-state index contributed by atoms with van der Waals surface area (Å²) in [5, 5.41) is 3.03. The van der Waals surface area contributed by atoms with E-state index in [0.717, 1.165) is 27.9 Å². The molecule has 2 aromatic rings. The largest absolute Gasteiger partial charge is 0.416 e. The molecule has 5 heteroatoms. The summed E-state index contributed by atoms with van der Waals surface area (Å²) < 4.78 is 38.2.